The smallest absolute Gasteiger partial charge is 0.329 e. The van der Waals surface area contributed by atoms with Crippen molar-refractivity contribution in [3.63, 3.8) is 0 Å². The van der Waals surface area contributed by atoms with Gasteiger partial charge in [0.2, 0.25) is 0 Å². The SMILES string of the molecule is O=C(NCC(F)(F)F)N1CCCC(Cn2cncn2)C1. The van der Waals surface area contributed by atoms with Gasteiger partial charge in [0, 0.05) is 19.6 Å². The summed E-state index contributed by atoms with van der Waals surface area (Å²) in [6, 6.07) is -0.661. The van der Waals surface area contributed by atoms with Gasteiger partial charge in [-0.3, -0.25) is 4.68 Å². The van der Waals surface area contributed by atoms with E-state index in [1.165, 1.54) is 11.2 Å². The molecule has 1 aliphatic rings. The molecule has 6 nitrogen and oxygen atoms in total. The fourth-order valence-electron chi connectivity index (χ4n) is 2.28. The Kier molecular flexibility index (Phi) is 4.46. The van der Waals surface area contributed by atoms with Crippen LogP contribution in [0.25, 0.3) is 0 Å². The number of carbonyl (C=O) groups excluding carboxylic acids is 1. The molecule has 112 valence electrons. The molecule has 2 amide bonds. The molecule has 0 aromatic carbocycles. The van der Waals surface area contributed by atoms with Crippen LogP contribution < -0.4 is 5.32 Å². The summed E-state index contributed by atoms with van der Waals surface area (Å²) in [7, 11) is 0. The van der Waals surface area contributed by atoms with E-state index in [9.17, 15) is 18.0 Å². The summed E-state index contributed by atoms with van der Waals surface area (Å²) >= 11 is 0. The third-order valence-corrected chi connectivity index (χ3v) is 3.16. The van der Waals surface area contributed by atoms with Gasteiger partial charge in [-0.1, -0.05) is 0 Å². The molecule has 2 heterocycles. The van der Waals surface area contributed by atoms with Gasteiger partial charge < -0.3 is 10.2 Å². The molecule has 1 aromatic rings. The Morgan fingerprint density at radius 3 is 2.90 bits per heavy atom. The highest BCUT2D eigenvalue weighted by atomic mass is 19.4. The average molecular weight is 291 g/mol. The summed E-state index contributed by atoms with van der Waals surface area (Å²) in [6.07, 6.45) is 0.326. The van der Waals surface area contributed by atoms with Crippen molar-refractivity contribution in [1.29, 1.82) is 0 Å². The summed E-state index contributed by atoms with van der Waals surface area (Å²) in [5.41, 5.74) is 0. The monoisotopic (exact) mass is 291 g/mol. The van der Waals surface area contributed by atoms with Crippen LogP contribution in [0.3, 0.4) is 0 Å². The van der Waals surface area contributed by atoms with Gasteiger partial charge in [-0.15, -0.1) is 0 Å². The lowest BCUT2D eigenvalue weighted by atomic mass is 9.98. The Bertz CT molecular complexity index is 434. The van der Waals surface area contributed by atoms with Crippen molar-refractivity contribution < 1.29 is 18.0 Å². The molecule has 1 N–H and O–H groups in total. The molecule has 0 aliphatic carbocycles. The van der Waals surface area contributed by atoms with E-state index in [1.807, 2.05) is 5.32 Å². The lowest BCUT2D eigenvalue weighted by Crippen LogP contribution is -2.48. The summed E-state index contributed by atoms with van der Waals surface area (Å²) in [4.78, 5) is 16.9. The predicted molar refractivity (Wildman–Crippen MR) is 63.8 cm³/mol. The number of halogens is 3. The minimum Gasteiger partial charge on any atom is -0.329 e. The van der Waals surface area contributed by atoms with Crippen LogP contribution in [-0.2, 0) is 6.54 Å². The second-order valence-electron chi connectivity index (χ2n) is 4.85. The number of rotatable bonds is 3. The Labute approximate surface area is 114 Å². The fraction of sp³-hybridized carbons (Fsp3) is 0.727. The van der Waals surface area contributed by atoms with Crippen molar-refractivity contribution in [2.75, 3.05) is 19.6 Å². The van der Waals surface area contributed by atoms with E-state index in [0.29, 0.717) is 19.6 Å². The molecule has 0 saturated carbocycles. The third kappa shape index (κ3) is 4.39. The molecule has 1 atom stereocenters. The Morgan fingerprint density at radius 2 is 2.25 bits per heavy atom. The molecule has 0 radical (unpaired) electrons. The van der Waals surface area contributed by atoms with Crippen molar-refractivity contribution in [2.24, 2.45) is 5.92 Å². The minimum atomic E-state index is -4.38. The first-order valence-electron chi connectivity index (χ1n) is 6.36. The Balaban J connectivity index is 1.82. The van der Waals surface area contributed by atoms with Crippen LogP contribution in [-0.4, -0.2) is 51.5 Å². The molecule has 9 heteroatoms. The molecule has 0 bridgehead atoms. The van der Waals surface area contributed by atoms with Crippen molar-refractivity contribution in [2.45, 2.75) is 25.6 Å². The lowest BCUT2D eigenvalue weighted by Gasteiger charge is -2.32. The normalized spacial score (nSPS) is 19.9. The molecule has 1 fully saturated rings. The van der Waals surface area contributed by atoms with Gasteiger partial charge in [-0.2, -0.15) is 18.3 Å². The van der Waals surface area contributed by atoms with Crippen LogP contribution in [0, 0.1) is 5.92 Å². The summed E-state index contributed by atoms with van der Waals surface area (Å²) in [5.74, 6) is 0.182. The van der Waals surface area contributed by atoms with E-state index >= 15 is 0 Å². The Hall–Kier alpha value is -1.80. The number of nitrogens with zero attached hydrogens (tertiary/aromatic N) is 4. The van der Waals surface area contributed by atoms with Crippen LogP contribution in [0.2, 0.25) is 0 Å². The number of piperidine rings is 1. The van der Waals surface area contributed by atoms with Crippen LogP contribution in [0.5, 0.6) is 0 Å². The molecule has 1 aromatic heterocycles. The molecule has 1 unspecified atom stereocenters. The van der Waals surface area contributed by atoms with E-state index in [0.717, 1.165) is 12.8 Å². The van der Waals surface area contributed by atoms with E-state index in [-0.39, 0.29) is 5.92 Å². The third-order valence-electron chi connectivity index (χ3n) is 3.16. The molecule has 1 aliphatic heterocycles. The van der Waals surface area contributed by atoms with E-state index in [2.05, 4.69) is 10.1 Å². The second-order valence-corrected chi connectivity index (χ2v) is 4.85. The zero-order valence-electron chi connectivity index (χ0n) is 10.8. The number of likely N-dealkylation sites (tertiary alicyclic amines) is 1. The second kappa shape index (κ2) is 6.10. The molecule has 1 saturated heterocycles. The zero-order valence-corrected chi connectivity index (χ0v) is 10.8. The van der Waals surface area contributed by atoms with Crippen molar-refractivity contribution in [1.82, 2.24) is 25.0 Å². The number of urea groups is 1. The van der Waals surface area contributed by atoms with Gasteiger partial charge in [0.05, 0.1) is 0 Å². The highest BCUT2D eigenvalue weighted by molar-refractivity contribution is 5.74. The first kappa shape index (κ1) is 14.6. The van der Waals surface area contributed by atoms with Crippen LogP contribution >= 0.6 is 0 Å². The van der Waals surface area contributed by atoms with E-state index < -0.39 is 18.8 Å². The van der Waals surface area contributed by atoms with Gasteiger partial charge in [0.1, 0.15) is 19.2 Å². The maximum Gasteiger partial charge on any atom is 0.405 e. The number of hydrogen-bond donors (Lipinski definition) is 1. The first-order chi connectivity index (χ1) is 9.44. The van der Waals surface area contributed by atoms with Gasteiger partial charge >= 0.3 is 12.2 Å². The Morgan fingerprint density at radius 1 is 1.45 bits per heavy atom. The van der Waals surface area contributed by atoms with Gasteiger partial charge in [-0.05, 0) is 18.8 Å². The topological polar surface area (TPSA) is 63.1 Å². The quantitative estimate of drug-likeness (QED) is 0.912. The maximum absolute atomic E-state index is 12.1. The zero-order chi connectivity index (χ0) is 14.6. The van der Waals surface area contributed by atoms with E-state index in [1.54, 1.807) is 11.0 Å². The molecular formula is C11H16F3N5O. The average Bonchev–Trinajstić information content (AvgIpc) is 2.88. The number of nitrogens with one attached hydrogen (secondary N) is 1. The van der Waals surface area contributed by atoms with Crippen molar-refractivity contribution >= 4 is 6.03 Å². The maximum atomic E-state index is 12.1. The van der Waals surface area contributed by atoms with Crippen molar-refractivity contribution in [3.05, 3.63) is 12.7 Å². The molecule has 2 rings (SSSR count). The standard InChI is InChI=1S/C11H16F3N5O/c12-11(13,14)6-16-10(20)18-3-1-2-9(4-18)5-19-8-15-7-17-19/h7-9H,1-6H2,(H,16,20). The molecular weight excluding hydrogens is 275 g/mol. The largest absolute Gasteiger partial charge is 0.405 e. The summed E-state index contributed by atoms with van der Waals surface area (Å²) in [5, 5.41) is 5.89. The number of hydrogen-bond acceptors (Lipinski definition) is 3. The van der Waals surface area contributed by atoms with Crippen LogP contribution in [0.15, 0.2) is 12.7 Å². The van der Waals surface area contributed by atoms with E-state index in [4.69, 9.17) is 0 Å². The lowest BCUT2D eigenvalue weighted by molar-refractivity contribution is -0.123. The first-order valence-corrected chi connectivity index (χ1v) is 6.36. The fourth-order valence-corrected chi connectivity index (χ4v) is 2.28. The highest BCUT2D eigenvalue weighted by Gasteiger charge is 2.30. The highest BCUT2D eigenvalue weighted by Crippen LogP contribution is 2.18. The number of amides is 2. The van der Waals surface area contributed by atoms with Crippen molar-refractivity contribution in [3.8, 4) is 0 Å². The van der Waals surface area contributed by atoms with Gasteiger partial charge in [-0.25, -0.2) is 9.78 Å². The number of carbonyl (C=O) groups is 1. The van der Waals surface area contributed by atoms with Gasteiger partial charge in [0.15, 0.2) is 0 Å². The van der Waals surface area contributed by atoms with Crippen LogP contribution in [0.1, 0.15) is 12.8 Å². The number of alkyl halides is 3. The summed E-state index contributed by atoms with van der Waals surface area (Å²) < 4.78 is 37.8. The molecule has 20 heavy (non-hydrogen) atoms. The summed E-state index contributed by atoms with van der Waals surface area (Å²) in [6.45, 7) is 0.236. The number of aromatic nitrogens is 3. The van der Waals surface area contributed by atoms with Crippen LogP contribution in [0.4, 0.5) is 18.0 Å². The van der Waals surface area contributed by atoms with Gasteiger partial charge in [0.25, 0.3) is 0 Å². The predicted octanol–water partition coefficient (Wildman–Crippen LogP) is 1.26. The minimum absolute atomic E-state index is 0.182. The molecule has 0 spiro atoms.